The first-order valence-electron chi connectivity index (χ1n) is 5.41. The highest BCUT2D eigenvalue weighted by Gasteiger charge is 2.00. The molecule has 2 aromatic rings. The summed E-state index contributed by atoms with van der Waals surface area (Å²) in [4.78, 5) is 11.1. The Morgan fingerprint density at radius 1 is 1.18 bits per heavy atom. The van der Waals surface area contributed by atoms with Gasteiger partial charge in [-0.1, -0.05) is 36.4 Å². The van der Waals surface area contributed by atoms with Crippen molar-refractivity contribution in [3.8, 4) is 6.07 Å². The first-order chi connectivity index (χ1) is 8.29. The Morgan fingerprint density at radius 3 is 2.71 bits per heavy atom. The molecule has 1 amide bonds. The van der Waals surface area contributed by atoms with Gasteiger partial charge in [0.05, 0.1) is 6.07 Å². The monoisotopic (exact) mass is 224 g/mol. The van der Waals surface area contributed by atoms with E-state index in [2.05, 4.69) is 5.32 Å². The SMILES string of the molecule is N#CCC(=O)NCc1ccc2ccccc2c1. The van der Waals surface area contributed by atoms with E-state index in [1.54, 1.807) is 0 Å². The van der Waals surface area contributed by atoms with Gasteiger partial charge in [-0.3, -0.25) is 4.79 Å². The summed E-state index contributed by atoms with van der Waals surface area (Å²) < 4.78 is 0. The second-order valence-electron chi connectivity index (χ2n) is 3.79. The fourth-order valence-electron chi connectivity index (χ4n) is 1.68. The van der Waals surface area contributed by atoms with E-state index in [-0.39, 0.29) is 12.3 Å². The van der Waals surface area contributed by atoms with Crippen LogP contribution in [0.5, 0.6) is 0 Å². The second kappa shape index (κ2) is 5.13. The summed E-state index contributed by atoms with van der Waals surface area (Å²) in [6, 6.07) is 15.9. The van der Waals surface area contributed by atoms with Crippen molar-refractivity contribution in [2.75, 3.05) is 0 Å². The highest BCUT2D eigenvalue weighted by atomic mass is 16.1. The van der Waals surface area contributed by atoms with Gasteiger partial charge in [0.2, 0.25) is 5.91 Å². The Labute approximate surface area is 99.7 Å². The van der Waals surface area contributed by atoms with Crippen molar-refractivity contribution >= 4 is 16.7 Å². The molecule has 0 fully saturated rings. The van der Waals surface area contributed by atoms with Crippen molar-refractivity contribution < 1.29 is 4.79 Å². The van der Waals surface area contributed by atoms with Crippen LogP contribution in [-0.4, -0.2) is 5.91 Å². The van der Waals surface area contributed by atoms with E-state index in [9.17, 15) is 4.79 Å². The van der Waals surface area contributed by atoms with Crippen LogP contribution in [0.2, 0.25) is 0 Å². The molecule has 2 aromatic carbocycles. The molecule has 0 aliphatic carbocycles. The van der Waals surface area contributed by atoms with E-state index in [0.29, 0.717) is 6.54 Å². The van der Waals surface area contributed by atoms with Crippen LogP contribution in [0.4, 0.5) is 0 Å². The van der Waals surface area contributed by atoms with Gasteiger partial charge in [0.1, 0.15) is 6.42 Å². The minimum absolute atomic E-state index is 0.0897. The summed E-state index contributed by atoms with van der Waals surface area (Å²) in [5.74, 6) is -0.236. The highest BCUT2D eigenvalue weighted by molar-refractivity contribution is 5.83. The molecule has 3 heteroatoms. The van der Waals surface area contributed by atoms with Gasteiger partial charge in [-0.2, -0.15) is 5.26 Å². The van der Waals surface area contributed by atoms with E-state index >= 15 is 0 Å². The lowest BCUT2D eigenvalue weighted by molar-refractivity contribution is -0.120. The van der Waals surface area contributed by atoms with E-state index < -0.39 is 0 Å². The van der Waals surface area contributed by atoms with Gasteiger partial charge in [-0.05, 0) is 22.4 Å². The lowest BCUT2D eigenvalue weighted by Crippen LogP contribution is -2.21. The van der Waals surface area contributed by atoms with Gasteiger partial charge < -0.3 is 5.32 Å². The molecule has 0 bridgehead atoms. The van der Waals surface area contributed by atoms with Gasteiger partial charge >= 0.3 is 0 Å². The average Bonchev–Trinajstić information content (AvgIpc) is 2.36. The third-order valence-electron chi connectivity index (χ3n) is 2.54. The molecule has 1 N–H and O–H groups in total. The first-order valence-corrected chi connectivity index (χ1v) is 5.41. The quantitative estimate of drug-likeness (QED) is 0.870. The molecular weight excluding hydrogens is 212 g/mol. The molecule has 0 radical (unpaired) electrons. The van der Waals surface area contributed by atoms with Crippen LogP contribution in [0, 0.1) is 11.3 Å². The van der Waals surface area contributed by atoms with Crippen molar-refractivity contribution in [2.24, 2.45) is 0 Å². The van der Waals surface area contributed by atoms with Crippen molar-refractivity contribution in [3.63, 3.8) is 0 Å². The number of nitrogens with zero attached hydrogens (tertiary/aromatic N) is 1. The molecule has 0 aliphatic rings. The Bertz CT molecular complexity index is 584. The minimum atomic E-state index is -0.236. The maximum Gasteiger partial charge on any atom is 0.234 e. The summed E-state index contributed by atoms with van der Waals surface area (Å²) in [5, 5.41) is 13.4. The second-order valence-corrected chi connectivity index (χ2v) is 3.79. The molecule has 3 nitrogen and oxygen atoms in total. The molecule has 0 aliphatic heterocycles. The molecule has 0 saturated carbocycles. The number of fused-ring (bicyclic) bond motifs is 1. The van der Waals surface area contributed by atoms with Crippen LogP contribution in [-0.2, 0) is 11.3 Å². The smallest absolute Gasteiger partial charge is 0.234 e. The number of nitrogens with one attached hydrogen (secondary N) is 1. The molecule has 84 valence electrons. The number of hydrogen-bond acceptors (Lipinski definition) is 2. The number of carbonyl (C=O) groups is 1. The van der Waals surface area contributed by atoms with Crippen LogP contribution in [0.3, 0.4) is 0 Å². The third kappa shape index (κ3) is 2.82. The van der Waals surface area contributed by atoms with E-state index in [4.69, 9.17) is 5.26 Å². The normalized spacial score (nSPS) is 9.82. The fourth-order valence-corrected chi connectivity index (χ4v) is 1.68. The Balaban J connectivity index is 2.10. The van der Waals surface area contributed by atoms with Crippen molar-refractivity contribution in [1.82, 2.24) is 5.32 Å². The Hall–Kier alpha value is -2.34. The molecule has 0 spiro atoms. The number of benzene rings is 2. The predicted octanol–water partition coefficient (Wildman–Crippen LogP) is 2.37. The lowest BCUT2D eigenvalue weighted by Gasteiger charge is -2.04. The van der Waals surface area contributed by atoms with Gasteiger partial charge in [0, 0.05) is 6.54 Å². The maximum atomic E-state index is 11.1. The summed E-state index contributed by atoms with van der Waals surface area (Å²) in [7, 11) is 0. The molecule has 0 saturated heterocycles. The zero-order valence-corrected chi connectivity index (χ0v) is 9.31. The average molecular weight is 224 g/mol. The molecule has 0 heterocycles. The van der Waals surface area contributed by atoms with Crippen LogP contribution < -0.4 is 5.32 Å². The number of hydrogen-bond donors (Lipinski definition) is 1. The number of rotatable bonds is 3. The summed E-state index contributed by atoms with van der Waals surface area (Å²) in [6.07, 6.45) is -0.0897. The highest BCUT2D eigenvalue weighted by Crippen LogP contribution is 2.15. The molecule has 2 rings (SSSR count). The van der Waals surface area contributed by atoms with Gasteiger partial charge in [-0.15, -0.1) is 0 Å². The summed E-state index contributed by atoms with van der Waals surface area (Å²) in [6.45, 7) is 0.464. The lowest BCUT2D eigenvalue weighted by atomic mass is 10.1. The third-order valence-corrected chi connectivity index (χ3v) is 2.54. The number of carbonyl (C=O) groups excluding carboxylic acids is 1. The van der Waals surface area contributed by atoms with Crippen LogP contribution >= 0.6 is 0 Å². The molecular formula is C14H12N2O. The standard InChI is InChI=1S/C14H12N2O/c15-8-7-14(17)16-10-11-5-6-12-3-1-2-4-13(12)9-11/h1-6,9H,7,10H2,(H,16,17). The Kier molecular flexibility index (Phi) is 3.37. The van der Waals surface area contributed by atoms with E-state index in [1.165, 1.54) is 5.39 Å². The zero-order chi connectivity index (χ0) is 12.1. The molecule has 0 unspecified atom stereocenters. The molecule has 0 atom stereocenters. The van der Waals surface area contributed by atoms with Gasteiger partial charge in [0.15, 0.2) is 0 Å². The number of amides is 1. The topological polar surface area (TPSA) is 52.9 Å². The first kappa shape index (κ1) is 11.2. The zero-order valence-electron chi connectivity index (χ0n) is 9.31. The predicted molar refractivity (Wildman–Crippen MR) is 66.0 cm³/mol. The summed E-state index contributed by atoms with van der Waals surface area (Å²) >= 11 is 0. The largest absolute Gasteiger partial charge is 0.351 e. The van der Waals surface area contributed by atoms with Crippen LogP contribution in [0.1, 0.15) is 12.0 Å². The Morgan fingerprint density at radius 2 is 1.94 bits per heavy atom. The minimum Gasteiger partial charge on any atom is -0.351 e. The van der Waals surface area contributed by atoms with Crippen LogP contribution in [0.15, 0.2) is 42.5 Å². The van der Waals surface area contributed by atoms with E-state index in [0.717, 1.165) is 10.9 Å². The van der Waals surface area contributed by atoms with Crippen molar-refractivity contribution in [1.29, 1.82) is 5.26 Å². The van der Waals surface area contributed by atoms with Gasteiger partial charge in [0.25, 0.3) is 0 Å². The fraction of sp³-hybridized carbons (Fsp3) is 0.143. The van der Waals surface area contributed by atoms with Crippen molar-refractivity contribution in [3.05, 3.63) is 48.0 Å². The molecule has 0 aromatic heterocycles. The summed E-state index contributed by atoms with van der Waals surface area (Å²) in [5.41, 5.74) is 1.04. The van der Waals surface area contributed by atoms with Crippen LogP contribution in [0.25, 0.3) is 10.8 Å². The molecule has 17 heavy (non-hydrogen) atoms. The van der Waals surface area contributed by atoms with Gasteiger partial charge in [-0.25, -0.2) is 0 Å². The number of nitriles is 1. The van der Waals surface area contributed by atoms with Crippen molar-refractivity contribution in [2.45, 2.75) is 13.0 Å². The maximum absolute atomic E-state index is 11.1. The van der Waals surface area contributed by atoms with E-state index in [1.807, 2.05) is 48.5 Å².